The second-order valence-electron chi connectivity index (χ2n) is 4.43. The summed E-state index contributed by atoms with van der Waals surface area (Å²) in [5, 5.41) is 9.64. The van der Waals surface area contributed by atoms with Crippen molar-refractivity contribution in [2.24, 2.45) is 0 Å². The van der Waals surface area contributed by atoms with Crippen LogP contribution in [0.15, 0.2) is 36.5 Å². The molecule has 0 amide bonds. The molecule has 0 aliphatic heterocycles. The van der Waals surface area contributed by atoms with E-state index < -0.39 is 5.60 Å². The SMILES string of the molecule is C=CC(C)(O)CCC=CCCC=C(C)C. The summed E-state index contributed by atoms with van der Waals surface area (Å²) >= 11 is 0. The van der Waals surface area contributed by atoms with Crippen LogP contribution in [-0.4, -0.2) is 10.7 Å². The van der Waals surface area contributed by atoms with Gasteiger partial charge in [0.25, 0.3) is 0 Å². The second kappa shape index (κ2) is 7.47. The van der Waals surface area contributed by atoms with Gasteiger partial charge in [-0.15, -0.1) is 6.58 Å². The van der Waals surface area contributed by atoms with Crippen LogP contribution < -0.4 is 0 Å². The van der Waals surface area contributed by atoms with E-state index in [1.54, 1.807) is 13.0 Å². The van der Waals surface area contributed by atoms with E-state index in [2.05, 4.69) is 38.7 Å². The first-order valence-corrected chi connectivity index (χ1v) is 5.62. The van der Waals surface area contributed by atoms with E-state index in [-0.39, 0.29) is 0 Å². The van der Waals surface area contributed by atoms with Gasteiger partial charge in [-0.2, -0.15) is 0 Å². The van der Waals surface area contributed by atoms with E-state index in [0.29, 0.717) is 0 Å². The summed E-state index contributed by atoms with van der Waals surface area (Å²) in [5.74, 6) is 0. The van der Waals surface area contributed by atoms with E-state index in [0.717, 1.165) is 25.7 Å². The lowest BCUT2D eigenvalue weighted by molar-refractivity contribution is 0.103. The van der Waals surface area contributed by atoms with Crippen LogP contribution in [0.2, 0.25) is 0 Å². The topological polar surface area (TPSA) is 20.2 Å². The molecule has 0 aliphatic carbocycles. The smallest absolute Gasteiger partial charge is 0.0800 e. The second-order valence-corrected chi connectivity index (χ2v) is 4.43. The number of aliphatic hydroxyl groups is 1. The maximum atomic E-state index is 9.64. The Labute approximate surface area is 94.2 Å². The molecular weight excluding hydrogens is 184 g/mol. The molecule has 0 aliphatic rings. The van der Waals surface area contributed by atoms with Crippen LogP contribution in [0.5, 0.6) is 0 Å². The van der Waals surface area contributed by atoms with Gasteiger partial charge in [0.15, 0.2) is 0 Å². The van der Waals surface area contributed by atoms with Gasteiger partial charge in [-0.1, -0.05) is 29.9 Å². The maximum Gasteiger partial charge on any atom is 0.0800 e. The lowest BCUT2D eigenvalue weighted by Gasteiger charge is -2.16. The van der Waals surface area contributed by atoms with Crippen LogP contribution in [0.25, 0.3) is 0 Å². The number of hydrogen-bond donors (Lipinski definition) is 1. The molecular formula is C14H24O. The Kier molecular flexibility index (Phi) is 7.06. The average Bonchev–Trinajstić information content (AvgIpc) is 2.16. The van der Waals surface area contributed by atoms with Gasteiger partial charge in [-0.05, 0) is 46.5 Å². The summed E-state index contributed by atoms with van der Waals surface area (Å²) in [6, 6.07) is 0. The average molecular weight is 208 g/mol. The molecule has 0 radical (unpaired) electrons. The lowest BCUT2D eigenvalue weighted by atomic mass is 10.0. The van der Waals surface area contributed by atoms with Crippen LogP contribution in [0.3, 0.4) is 0 Å². The fraction of sp³-hybridized carbons (Fsp3) is 0.571. The van der Waals surface area contributed by atoms with Crippen LogP contribution in [0.1, 0.15) is 46.5 Å². The monoisotopic (exact) mass is 208 g/mol. The first-order valence-electron chi connectivity index (χ1n) is 5.62. The van der Waals surface area contributed by atoms with Crippen molar-refractivity contribution in [2.45, 2.75) is 52.1 Å². The molecule has 1 N–H and O–H groups in total. The normalized spacial score (nSPS) is 14.9. The molecule has 1 nitrogen and oxygen atoms in total. The first kappa shape index (κ1) is 14.2. The molecule has 0 fully saturated rings. The fourth-order valence-corrected chi connectivity index (χ4v) is 1.18. The van der Waals surface area contributed by atoms with Crippen molar-refractivity contribution in [1.29, 1.82) is 0 Å². The highest BCUT2D eigenvalue weighted by atomic mass is 16.3. The standard InChI is InChI=1S/C14H24O/c1-5-14(4,15)12-10-8-6-7-9-11-13(2)3/h5-6,8,11,15H,1,7,9-10,12H2,2-4H3. The van der Waals surface area contributed by atoms with E-state index in [1.165, 1.54) is 5.57 Å². The summed E-state index contributed by atoms with van der Waals surface area (Å²) in [4.78, 5) is 0. The molecule has 1 unspecified atom stereocenters. The Bertz CT molecular complexity index is 230. The highest BCUT2D eigenvalue weighted by Gasteiger charge is 2.12. The van der Waals surface area contributed by atoms with E-state index in [1.807, 2.05) is 0 Å². The Morgan fingerprint density at radius 3 is 2.33 bits per heavy atom. The molecule has 0 heterocycles. The zero-order chi connectivity index (χ0) is 11.7. The lowest BCUT2D eigenvalue weighted by Crippen LogP contribution is -2.19. The van der Waals surface area contributed by atoms with Crippen molar-refractivity contribution in [2.75, 3.05) is 0 Å². The van der Waals surface area contributed by atoms with Crippen LogP contribution in [0, 0.1) is 0 Å². The van der Waals surface area contributed by atoms with Gasteiger partial charge < -0.3 is 5.11 Å². The molecule has 0 aromatic heterocycles. The van der Waals surface area contributed by atoms with Crippen molar-refractivity contribution in [3.05, 3.63) is 36.5 Å². The summed E-state index contributed by atoms with van der Waals surface area (Å²) in [6.45, 7) is 9.62. The number of allylic oxidation sites excluding steroid dienone is 4. The third-order valence-corrected chi connectivity index (χ3v) is 2.31. The first-order chi connectivity index (χ1) is 6.98. The van der Waals surface area contributed by atoms with Crippen molar-refractivity contribution in [3.63, 3.8) is 0 Å². The van der Waals surface area contributed by atoms with Crippen molar-refractivity contribution >= 4 is 0 Å². The van der Waals surface area contributed by atoms with Crippen molar-refractivity contribution < 1.29 is 5.11 Å². The van der Waals surface area contributed by atoms with Crippen molar-refractivity contribution in [3.8, 4) is 0 Å². The van der Waals surface area contributed by atoms with Gasteiger partial charge in [0, 0.05) is 0 Å². The summed E-state index contributed by atoms with van der Waals surface area (Å²) in [7, 11) is 0. The molecule has 1 heteroatoms. The van der Waals surface area contributed by atoms with E-state index in [9.17, 15) is 5.11 Å². The number of hydrogen-bond acceptors (Lipinski definition) is 1. The molecule has 0 bridgehead atoms. The van der Waals surface area contributed by atoms with E-state index in [4.69, 9.17) is 0 Å². The van der Waals surface area contributed by atoms with Gasteiger partial charge in [0.05, 0.1) is 5.60 Å². The highest BCUT2D eigenvalue weighted by Crippen LogP contribution is 2.13. The van der Waals surface area contributed by atoms with Gasteiger partial charge in [-0.3, -0.25) is 0 Å². The Hall–Kier alpha value is -0.820. The molecule has 0 saturated carbocycles. The number of rotatable bonds is 7. The zero-order valence-corrected chi connectivity index (χ0v) is 10.3. The Morgan fingerprint density at radius 1 is 1.20 bits per heavy atom. The summed E-state index contributed by atoms with van der Waals surface area (Å²) < 4.78 is 0. The quantitative estimate of drug-likeness (QED) is 0.495. The van der Waals surface area contributed by atoms with Gasteiger partial charge in [0.2, 0.25) is 0 Å². The van der Waals surface area contributed by atoms with Gasteiger partial charge >= 0.3 is 0 Å². The minimum Gasteiger partial charge on any atom is -0.386 e. The zero-order valence-electron chi connectivity index (χ0n) is 10.3. The number of unbranched alkanes of at least 4 members (excludes halogenated alkanes) is 1. The van der Waals surface area contributed by atoms with Crippen molar-refractivity contribution in [1.82, 2.24) is 0 Å². The predicted molar refractivity (Wildman–Crippen MR) is 67.9 cm³/mol. The molecule has 0 aromatic rings. The molecule has 0 spiro atoms. The third kappa shape index (κ3) is 9.48. The molecule has 0 aromatic carbocycles. The Morgan fingerprint density at radius 2 is 1.80 bits per heavy atom. The third-order valence-electron chi connectivity index (χ3n) is 2.31. The van der Waals surface area contributed by atoms with Gasteiger partial charge in [-0.25, -0.2) is 0 Å². The van der Waals surface area contributed by atoms with Crippen LogP contribution in [-0.2, 0) is 0 Å². The Balaban J connectivity index is 3.56. The fourth-order valence-electron chi connectivity index (χ4n) is 1.18. The van der Waals surface area contributed by atoms with Gasteiger partial charge in [0.1, 0.15) is 0 Å². The van der Waals surface area contributed by atoms with Crippen LogP contribution in [0.4, 0.5) is 0 Å². The molecule has 1 atom stereocenters. The minimum absolute atomic E-state index is 0.718. The molecule has 0 saturated heterocycles. The largest absolute Gasteiger partial charge is 0.386 e. The molecule has 15 heavy (non-hydrogen) atoms. The van der Waals surface area contributed by atoms with Crippen LogP contribution >= 0.6 is 0 Å². The van der Waals surface area contributed by atoms with E-state index >= 15 is 0 Å². The summed E-state index contributed by atoms with van der Waals surface area (Å²) in [6.07, 6.45) is 12.0. The predicted octanol–water partition coefficient (Wildman–Crippen LogP) is 4.01. The molecule has 0 rings (SSSR count). The highest BCUT2D eigenvalue weighted by molar-refractivity contribution is 4.96. The molecule has 86 valence electrons. The maximum absolute atomic E-state index is 9.64. The summed E-state index contributed by atoms with van der Waals surface area (Å²) in [5.41, 5.74) is 0.655. The minimum atomic E-state index is -0.718.